The molecule has 1 heterocycles. The van der Waals surface area contributed by atoms with Gasteiger partial charge in [0.1, 0.15) is 17.4 Å². The van der Waals surface area contributed by atoms with Crippen LogP contribution in [0.4, 0.5) is 10.7 Å². The second kappa shape index (κ2) is 11.7. The van der Waals surface area contributed by atoms with Crippen molar-refractivity contribution in [2.75, 3.05) is 5.32 Å². The minimum absolute atomic E-state index is 0.141. The van der Waals surface area contributed by atoms with Gasteiger partial charge in [0.25, 0.3) is 5.91 Å². The molecule has 0 saturated carbocycles. The van der Waals surface area contributed by atoms with Crippen LogP contribution in [0, 0.1) is 0 Å². The van der Waals surface area contributed by atoms with E-state index in [0.29, 0.717) is 36.9 Å². The predicted molar refractivity (Wildman–Crippen MR) is 155 cm³/mol. The largest absolute Gasteiger partial charge is 0.488 e. The number of carbonyl (C=O) groups is 1. The third kappa shape index (κ3) is 6.19. The van der Waals surface area contributed by atoms with Crippen molar-refractivity contribution in [3.63, 3.8) is 0 Å². The van der Waals surface area contributed by atoms with Gasteiger partial charge in [0, 0.05) is 43.0 Å². The number of thiophene rings is 1. The van der Waals surface area contributed by atoms with Gasteiger partial charge in [-0.15, -0.1) is 11.3 Å². The number of nitrogens with zero attached hydrogens (tertiary/aromatic N) is 1. The molecule has 0 spiro atoms. The Bertz CT molecular complexity index is 1470. The predicted octanol–water partition coefficient (Wildman–Crippen LogP) is 9.17. The van der Waals surface area contributed by atoms with Crippen LogP contribution in [0.5, 0.6) is 5.75 Å². The molecule has 8 heteroatoms. The number of hydrogen-bond donors (Lipinski definition) is 1. The average Bonchev–Trinajstić information content (AvgIpc) is 3.27. The molecule has 1 N–H and O–H groups in total. The first kappa shape index (κ1) is 25.8. The van der Waals surface area contributed by atoms with Crippen molar-refractivity contribution in [3.8, 4) is 5.75 Å². The number of carbonyl (C=O) groups excluding carboxylic acids is 1. The lowest BCUT2D eigenvalue weighted by Crippen LogP contribution is -2.14. The van der Waals surface area contributed by atoms with Gasteiger partial charge >= 0.3 is 0 Å². The number of rotatable bonds is 7. The summed E-state index contributed by atoms with van der Waals surface area (Å²) in [5.74, 6) is 0.466. The van der Waals surface area contributed by atoms with E-state index >= 15 is 0 Å². The Kier molecular flexibility index (Phi) is 8.16. The topological polar surface area (TPSA) is 50.7 Å². The van der Waals surface area contributed by atoms with Crippen molar-refractivity contribution in [1.82, 2.24) is 0 Å². The molecule has 0 unspecified atom stereocenters. The zero-order chi connectivity index (χ0) is 25.8. The van der Waals surface area contributed by atoms with E-state index in [4.69, 9.17) is 44.5 Å². The minimum atomic E-state index is -0.141. The summed E-state index contributed by atoms with van der Waals surface area (Å²) in [7, 11) is 0. The van der Waals surface area contributed by atoms with Crippen LogP contribution in [-0.2, 0) is 19.4 Å². The lowest BCUT2D eigenvalue weighted by molar-refractivity contribution is 0.102. The summed E-state index contributed by atoms with van der Waals surface area (Å²) in [6.07, 6.45) is 5.75. The smallest absolute Gasteiger partial charge is 0.259 e. The van der Waals surface area contributed by atoms with Crippen molar-refractivity contribution in [2.45, 2.75) is 32.3 Å². The Balaban J connectivity index is 1.44. The lowest BCUT2D eigenvalue weighted by atomic mass is 9.95. The third-order valence-electron chi connectivity index (χ3n) is 6.10. The van der Waals surface area contributed by atoms with Crippen LogP contribution >= 0.6 is 46.1 Å². The second-order valence-corrected chi connectivity index (χ2v) is 11.0. The summed E-state index contributed by atoms with van der Waals surface area (Å²) >= 11 is 20.2. The van der Waals surface area contributed by atoms with Crippen LogP contribution in [0.3, 0.4) is 0 Å². The number of para-hydroxylation sites is 1. The summed E-state index contributed by atoms with van der Waals surface area (Å²) in [4.78, 5) is 19.4. The molecule has 0 atom stereocenters. The van der Waals surface area contributed by atoms with Crippen LogP contribution in [0.1, 0.15) is 44.8 Å². The van der Waals surface area contributed by atoms with Crippen molar-refractivity contribution in [3.05, 3.63) is 109 Å². The highest BCUT2D eigenvalue weighted by atomic mass is 35.5. The number of nitrogens with one attached hydrogen (secondary N) is 1. The molecule has 1 aliphatic rings. The van der Waals surface area contributed by atoms with Crippen molar-refractivity contribution in [2.24, 2.45) is 4.99 Å². The highest BCUT2D eigenvalue weighted by Crippen LogP contribution is 2.40. The summed E-state index contributed by atoms with van der Waals surface area (Å²) < 4.78 is 6.07. The highest BCUT2D eigenvalue weighted by Gasteiger charge is 2.25. The second-order valence-electron chi connectivity index (χ2n) is 8.68. The molecule has 188 valence electrons. The number of anilines is 1. The average molecular weight is 570 g/mol. The van der Waals surface area contributed by atoms with Crippen LogP contribution < -0.4 is 10.1 Å². The molecule has 0 fully saturated rings. The van der Waals surface area contributed by atoms with Crippen LogP contribution in [0.15, 0.2) is 71.7 Å². The minimum Gasteiger partial charge on any atom is -0.488 e. The van der Waals surface area contributed by atoms with Gasteiger partial charge in [0.05, 0.1) is 5.56 Å². The van der Waals surface area contributed by atoms with E-state index in [1.54, 1.807) is 47.9 Å². The first-order valence-corrected chi connectivity index (χ1v) is 13.8. The van der Waals surface area contributed by atoms with E-state index in [1.165, 1.54) is 4.88 Å². The number of ether oxygens (including phenoxy) is 1. The molecule has 1 amide bonds. The number of fused-ring (bicyclic) bond motifs is 1. The Morgan fingerprint density at radius 1 is 0.973 bits per heavy atom. The molecular weight excluding hydrogens is 547 g/mol. The zero-order valence-electron chi connectivity index (χ0n) is 19.8. The van der Waals surface area contributed by atoms with Gasteiger partial charge in [-0.1, -0.05) is 59.1 Å². The Morgan fingerprint density at radius 2 is 1.73 bits per heavy atom. The summed E-state index contributed by atoms with van der Waals surface area (Å²) in [6.45, 7) is 0.260. The fourth-order valence-electron chi connectivity index (χ4n) is 4.27. The van der Waals surface area contributed by atoms with E-state index in [2.05, 4.69) is 5.32 Å². The molecule has 4 nitrogen and oxygen atoms in total. The molecule has 3 aromatic carbocycles. The Morgan fingerprint density at radius 3 is 2.54 bits per heavy atom. The van der Waals surface area contributed by atoms with E-state index in [9.17, 15) is 4.79 Å². The van der Waals surface area contributed by atoms with Gasteiger partial charge < -0.3 is 10.1 Å². The van der Waals surface area contributed by atoms with Gasteiger partial charge in [-0.05, 0) is 73.7 Å². The zero-order valence-corrected chi connectivity index (χ0v) is 22.9. The van der Waals surface area contributed by atoms with Gasteiger partial charge in [0.2, 0.25) is 0 Å². The molecule has 0 radical (unpaired) electrons. The SMILES string of the molecule is O=C(Nc1ccccc1)c1c(N=Cc2cc(Cl)ccc2OCc2ccc(Cl)cc2Cl)sc2c1CCCC2. The first-order valence-electron chi connectivity index (χ1n) is 11.9. The highest BCUT2D eigenvalue weighted by molar-refractivity contribution is 7.16. The van der Waals surface area contributed by atoms with Crippen LogP contribution in [0.25, 0.3) is 0 Å². The van der Waals surface area contributed by atoms with Crippen molar-refractivity contribution < 1.29 is 9.53 Å². The van der Waals surface area contributed by atoms with Crippen LogP contribution in [0.2, 0.25) is 15.1 Å². The van der Waals surface area contributed by atoms with Gasteiger partial charge in [-0.2, -0.15) is 0 Å². The summed E-state index contributed by atoms with van der Waals surface area (Å²) in [6, 6.07) is 20.1. The Labute approximate surface area is 234 Å². The van der Waals surface area contributed by atoms with E-state index < -0.39 is 0 Å². The maximum absolute atomic E-state index is 13.4. The normalized spacial score (nSPS) is 12.9. The van der Waals surface area contributed by atoms with Gasteiger partial charge in [-0.25, -0.2) is 4.99 Å². The summed E-state index contributed by atoms with van der Waals surface area (Å²) in [5, 5.41) is 5.38. The van der Waals surface area contributed by atoms with Crippen molar-refractivity contribution in [1.29, 1.82) is 0 Å². The number of aliphatic imine (C=N–C) groups is 1. The molecular formula is C29H23Cl3N2O2S. The molecule has 1 aliphatic carbocycles. The standard InChI is InChI=1S/C29H23Cl3N2O2S/c30-20-12-13-25(36-17-18-10-11-21(31)15-24(18)32)19(14-20)16-33-29-27(23-8-4-5-9-26(23)37-29)28(35)34-22-6-2-1-3-7-22/h1-3,6-7,10-16H,4-5,8-9,17H2,(H,34,35). The van der Waals surface area contributed by atoms with E-state index in [1.807, 2.05) is 36.4 Å². The maximum atomic E-state index is 13.4. The molecule has 5 rings (SSSR count). The molecule has 37 heavy (non-hydrogen) atoms. The number of amides is 1. The number of benzene rings is 3. The van der Waals surface area contributed by atoms with E-state index in [0.717, 1.165) is 42.5 Å². The fraction of sp³-hybridized carbons (Fsp3) is 0.172. The summed E-state index contributed by atoms with van der Waals surface area (Å²) in [5.41, 5.74) is 4.03. The molecule has 4 aromatic rings. The monoisotopic (exact) mass is 568 g/mol. The molecule has 0 bridgehead atoms. The van der Waals surface area contributed by atoms with Crippen molar-refractivity contribution >= 4 is 68.9 Å². The number of aryl methyl sites for hydroxylation is 1. The Hall–Kier alpha value is -2.83. The molecule has 0 saturated heterocycles. The maximum Gasteiger partial charge on any atom is 0.259 e. The fourth-order valence-corrected chi connectivity index (χ4v) is 6.14. The number of halogens is 3. The van der Waals surface area contributed by atoms with Crippen LogP contribution in [-0.4, -0.2) is 12.1 Å². The first-order chi connectivity index (χ1) is 18.0. The number of hydrogen-bond acceptors (Lipinski definition) is 4. The van der Waals surface area contributed by atoms with Gasteiger partial charge in [0.15, 0.2) is 0 Å². The lowest BCUT2D eigenvalue weighted by Gasteiger charge is -2.13. The molecule has 0 aliphatic heterocycles. The van der Waals surface area contributed by atoms with Gasteiger partial charge in [-0.3, -0.25) is 4.79 Å². The molecule has 1 aromatic heterocycles. The van der Waals surface area contributed by atoms with E-state index in [-0.39, 0.29) is 12.5 Å². The quantitative estimate of drug-likeness (QED) is 0.226. The third-order valence-corrected chi connectivity index (χ3v) is 8.12.